The molecule has 1 amide bonds. The van der Waals surface area contributed by atoms with E-state index in [4.69, 9.17) is 11.6 Å². The van der Waals surface area contributed by atoms with Crippen molar-refractivity contribution in [1.82, 2.24) is 4.98 Å². The molecule has 126 valence electrons. The van der Waals surface area contributed by atoms with E-state index in [0.717, 1.165) is 48.8 Å². The average molecular weight is 365 g/mol. The minimum atomic E-state index is -4.49. The monoisotopic (exact) mass is 364 g/mol. The molecule has 1 N–H and O–H groups in total. The first-order valence-electron chi connectivity index (χ1n) is 7.71. The van der Waals surface area contributed by atoms with Crippen LogP contribution in [0.3, 0.4) is 0 Å². The normalized spacial score (nSPS) is 38.8. The van der Waals surface area contributed by atoms with Gasteiger partial charge in [0.25, 0.3) is 0 Å². The van der Waals surface area contributed by atoms with E-state index in [-0.39, 0.29) is 15.9 Å². The minimum Gasteiger partial charge on any atom is -0.301 e. The molecule has 2 atom stereocenters. The molecule has 4 aliphatic carbocycles. The maximum absolute atomic E-state index is 12.8. The van der Waals surface area contributed by atoms with Crippen molar-refractivity contribution >= 4 is 34.0 Å². The van der Waals surface area contributed by atoms with Crippen LogP contribution in [0.4, 0.5) is 18.3 Å². The molecule has 1 aromatic heterocycles. The number of carbonyl (C=O) groups excluding carboxylic acids is 1. The quantitative estimate of drug-likeness (QED) is 0.774. The van der Waals surface area contributed by atoms with E-state index in [1.807, 2.05) is 0 Å². The van der Waals surface area contributed by atoms with Crippen LogP contribution in [-0.2, 0) is 11.0 Å². The van der Waals surface area contributed by atoms with Crippen LogP contribution in [0.2, 0.25) is 0 Å². The Balaban J connectivity index is 1.54. The summed E-state index contributed by atoms with van der Waals surface area (Å²) in [6, 6.07) is 0. The second-order valence-electron chi connectivity index (χ2n) is 7.38. The fourth-order valence-corrected chi connectivity index (χ4v) is 6.51. The van der Waals surface area contributed by atoms with E-state index in [1.54, 1.807) is 0 Å². The van der Waals surface area contributed by atoms with Gasteiger partial charge in [-0.2, -0.15) is 13.2 Å². The van der Waals surface area contributed by atoms with Gasteiger partial charge in [-0.25, -0.2) is 4.98 Å². The Morgan fingerprint density at radius 1 is 1.30 bits per heavy atom. The van der Waals surface area contributed by atoms with Gasteiger partial charge in [0, 0.05) is 10.3 Å². The topological polar surface area (TPSA) is 42.0 Å². The molecule has 4 saturated carbocycles. The van der Waals surface area contributed by atoms with Crippen molar-refractivity contribution in [1.29, 1.82) is 0 Å². The maximum Gasteiger partial charge on any atom is 0.434 e. The number of nitrogens with zero attached hydrogens (tertiary/aromatic N) is 1. The van der Waals surface area contributed by atoms with Gasteiger partial charge in [-0.15, -0.1) is 22.9 Å². The summed E-state index contributed by atoms with van der Waals surface area (Å²) in [4.78, 5) is 16.0. The second kappa shape index (κ2) is 4.85. The largest absolute Gasteiger partial charge is 0.434 e. The van der Waals surface area contributed by atoms with E-state index in [1.165, 1.54) is 0 Å². The second-order valence-corrected chi connectivity index (χ2v) is 9.04. The lowest BCUT2D eigenvalue weighted by atomic mass is 9.49. The van der Waals surface area contributed by atoms with Gasteiger partial charge in [0.1, 0.15) is 0 Å². The van der Waals surface area contributed by atoms with Crippen LogP contribution >= 0.6 is 22.9 Å². The molecule has 1 heterocycles. The van der Waals surface area contributed by atoms with E-state index in [2.05, 4.69) is 10.3 Å². The lowest BCUT2D eigenvalue weighted by Gasteiger charge is -2.59. The molecule has 0 aliphatic heterocycles. The summed E-state index contributed by atoms with van der Waals surface area (Å²) < 4.78 is 37.9. The number of carbonyl (C=O) groups is 1. The number of nitrogens with one attached hydrogen (secondary N) is 1. The summed E-state index contributed by atoms with van der Waals surface area (Å²) in [5, 5.41) is 3.56. The Morgan fingerprint density at radius 3 is 2.48 bits per heavy atom. The number of halogens is 4. The summed E-state index contributed by atoms with van der Waals surface area (Å²) in [6.45, 7) is 0. The molecule has 23 heavy (non-hydrogen) atoms. The van der Waals surface area contributed by atoms with Crippen LogP contribution in [0, 0.1) is 17.3 Å². The number of alkyl halides is 4. The van der Waals surface area contributed by atoms with Gasteiger partial charge in [0.05, 0.1) is 5.41 Å². The highest BCUT2D eigenvalue weighted by atomic mass is 35.5. The van der Waals surface area contributed by atoms with Gasteiger partial charge < -0.3 is 5.32 Å². The van der Waals surface area contributed by atoms with Crippen LogP contribution in [0.25, 0.3) is 0 Å². The molecule has 0 radical (unpaired) electrons. The smallest absolute Gasteiger partial charge is 0.301 e. The number of amides is 1. The van der Waals surface area contributed by atoms with Crippen LogP contribution in [0.15, 0.2) is 5.38 Å². The van der Waals surface area contributed by atoms with Crippen LogP contribution < -0.4 is 5.32 Å². The Bertz CT molecular complexity index is 645. The van der Waals surface area contributed by atoms with Gasteiger partial charge in [-0.3, -0.25) is 4.79 Å². The van der Waals surface area contributed by atoms with E-state index in [9.17, 15) is 18.0 Å². The van der Waals surface area contributed by atoms with E-state index < -0.39 is 17.3 Å². The van der Waals surface area contributed by atoms with Gasteiger partial charge in [-0.1, -0.05) is 0 Å². The predicted molar refractivity (Wildman–Crippen MR) is 81.4 cm³/mol. The highest BCUT2D eigenvalue weighted by molar-refractivity contribution is 7.13. The lowest BCUT2D eigenvalue weighted by molar-refractivity contribution is -0.141. The molecule has 1 aromatic rings. The van der Waals surface area contributed by atoms with Gasteiger partial charge >= 0.3 is 6.18 Å². The highest BCUT2D eigenvalue weighted by Gasteiger charge is 2.60. The number of rotatable bonds is 2. The Kier molecular flexibility index (Phi) is 3.31. The molecule has 5 rings (SSSR count). The zero-order chi connectivity index (χ0) is 16.5. The highest BCUT2D eigenvalue weighted by Crippen LogP contribution is 2.64. The molecule has 4 aliphatic rings. The molecule has 8 heteroatoms. The van der Waals surface area contributed by atoms with Crippen LogP contribution in [0.5, 0.6) is 0 Å². The minimum absolute atomic E-state index is 0.0155. The number of hydrogen-bond acceptors (Lipinski definition) is 3. The van der Waals surface area contributed by atoms with Crippen LogP contribution in [-0.4, -0.2) is 15.8 Å². The van der Waals surface area contributed by atoms with Gasteiger partial charge in [0.2, 0.25) is 5.91 Å². The number of anilines is 1. The molecule has 0 aromatic carbocycles. The van der Waals surface area contributed by atoms with E-state index >= 15 is 0 Å². The Morgan fingerprint density at radius 2 is 1.96 bits per heavy atom. The molecular formula is C15H16ClF3N2OS. The third-order valence-corrected chi connectivity index (χ3v) is 6.69. The summed E-state index contributed by atoms with van der Waals surface area (Å²) in [5.74, 6) is 0.711. The van der Waals surface area contributed by atoms with Crippen molar-refractivity contribution < 1.29 is 18.0 Å². The van der Waals surface area contributed by atoms with Gasteiger partial charge in [-0.05, 0) is 50.4 Å². The van der Waals surface area contributed by atoms with Crippen molar-refractivity contribution in [3.63, 3.8) is 0 Å². The summed E-state index contributed by atoms with van der Waals surface area (Å²) in [6.07, 6.45) is 0.755. The van der Waals surface area contributed by atoms with E-state index in [0.29, 0.717) is 18.3 Å². The number of aromatic nitrogens is 1. The molecule has 3 nitrogen and oxygen atoms in total. The standard InChI is InChI=1S/C15H16ClF3N2OS/c16-14-4-8-1-9(5-14)3-13(2-8,7-14)11(22)21-12-20-10(6-23-12)15(17,18)19/h6,8-9H,1-5,7H2,(H,20,21,22). The number of thiazole rings is 1. The molecule has 0 saturated heterocycles. The molecular weight excluding hydrogens is 349 g/mol. The summed E-state index contributed by atoms with van der Waals surface area (Å²) in [5.41, 5.74) is -1.49. The molecule has 4 fully saturated rings. The maximum atomic E-state index is 12.8. The third kappa shape index (κ3) is 2.65. The third-order valence-electron chi connectivity index (χ3n) is 5.49. The SMILES string of the molecule is O=C(Nc1nc(C(F)(F)F)cs1)C12CC3CC(CC(Cl)(C3)C1)C2. The molecule has 4 bridgehead atoms. The average Bonchev–Trinajstić information content (AvgIpc) is 2.84. The summed E-state index contributed by atoms with van der Waals surface area (Å²) in [7, 11) is 0. The van der Waals surface area contributed by atoms with Crippen molar-refractivity contribution in [2.45, 2.75) is 49.6 Å². The van der Waals surface area contributed by atoms with Crippen molar-refractivity contribution in [2.75, 3.05) is 5.32 Å². The van der Waals surface area contributed by atoms with Crippen molar-refractivity contribution in [2.24, 2.45) is 17.3 Å². The Labute approximate surface area is 140 Å². The molecule has 2 unspecified atom stereocenters. The van der Waals surface area contributed by atoms with Gasteiger partial charge in [0.15, 0.2) is 10.8 Å². The first kappa shape index (κ1) is 15.7. The predicted octanol–water partition coefficient (Wildman–Crippen LogP) is 4.68. The zero-order valence-electron chi connectivity index (χ0n) is 12.3. The fourth-order valence-electron chi connectivity index (χ4n) is 5.11. The first-order valence-corrected chi connectivity index (χ1v) is 8.96. The Hall–Kier alpha value is -0.820. The van der Waals surface area contributed by atoms with Crippen molar-refractivity contribution in [3.8, 4) is 0 Å². The first-order chi connectivity index (χ1) is 10.7. The fraction of sp³-hybridized carbons (Fsp3) is 0.733. The van der Waals surface area contributed by atoms with Crippen molar-refractivity contribution in [3.05, 3.63) is 11.1 Å². The summed E-state index contributed by atoms with van der Waals surface area (Å²) >= 11 is 7.50. The van der Waals surface area contributed by atoms with Crippen LogP contribution in [0.1, 0.15) is 44.2 Å². The number of hydrogen-bond donors (Lipinski definition) is 1. The lowest BCUT2D eigenvalue weighted by Crippen LogP contribution is -2.57. The zero-order valence-corrected chi connectivity index (χ0v) is 13.8. The molecule has 0 spiro atoms.